The predicted molar refractivity (Wildman–Crippen MR) is 114 cm³/mol. The van der Waals surface area contributed by atoms with Crippen LogP contribution in [0.25, 0.3) is 11.0 Å². The molecular formula is C23H24N4O3. The molecule has 2 aromatic carbocycles. The lowest BCUT2D eigenvalue weighted by Crippen LogP contribution is -2.47. The van der Waals surface area contributed by atoms with Gasteiger partial charge in [0.2, 0.25) is 0 Å². The van der Waals surface area contributed by atoms with Crippen molar-refractivity contribution in [3.05, 3.63) is 65.5 Å². The highest BCUT2D eigenvalue weighted by molar-refractivity contribution is 5.97. The first kappa shape index (κ1) is 19.8. The van der Waals surface area contributed by atoms with Crippen molar-refractivity contribution in [2.75, 3.05) is 13.1 Å². The van der Waals surface area contributed by atoms with E-state index in [1.807, 2.05) is 38.1 Å². The molecule has 0 atom stereocenters. The summed E-state index contributed by atoms with van der Waals surface area (Å²) in [5.41, 5.74) is 3.79. The minimum Gasteiger partial charge on any atom is -0.410 e. The summed E-state index contributed by atoms with van der Waals surface area (Å²) in [4.78, 5) is 35.7. The van der Waals surface area contributed by atoms with Gasteiger partial charge in [0.15, 0.2) is 0 Å². The van der Waals surface area contributed by atoms with Crippen molar-refractivity contribution in [1.82, 2.24) is 20.2 Å². The summed E-state index contributed by atoms with van der Waals surface area (Å²) < 4.78 is 5.39. The first-order valence-corrected chi connectivity index (χ1v) is 10.1. The van der Waals surface area contributed by atoms with Crippen LogP contribution in [-0.4, -0.2) is 46.0 Å². The molecule has 1 saturated heterocycles. The van der Waals surface area contributed by atoms with E-state index in [0.717, 1.165) is 16.9 Å². The maximum absolute atomic E-state index is 12.7. The summed E-state index contributed by atoms with van der Waals surface area (Å²) in [6.45, 7) is 4.91. The topological polar surface area (TPSA) is 84.4 Å². The van der Waals surface area contributed by atoms with Crippen molar-refractivity contribution in [3.8, 4) is 5.75 Å². The van der Waals surface area contributed by atoms with E-state index < -0.39 is 0 Å². The second-order valence-corrected chi connectivity index (χ2v) is 7.51. The van der Waals surface area contributed by atoms with E-state index in [1.165, 1.54) is 0 Å². The summed E-state index contributed by atoms with van der Waals surface area (Å²) in [5, 5.41) is 3.07. The molecule has 2 amide bonds. The first-order valence-electron chi connectivity index (χ1n) is 10.1. The van der Waals surface area contributed by atoms with E-state index in [2.05, 4.69) is 15.3 Å². The second-order valence-electron chi connectivity index (χ2n) is 7.51. The fourth-order valence-electron chi connectivity index (χ4n) is 3.50. The Kier molecular flexibility index (Phi) is 5.61. The van der Waals surface area contributed by atoms with Gasteiger partial charge in [0.1, 0.15) is 5.75 Å². The van der Waals surface area contributed by atoms with Gasteiger partial charge in [-0.2, -0.15) is 0 Å². The van der Waals surface area contributed by atoms with Crippen LogP contribution in [0.4, 0.5) is 4.79 Å². The van der Waals surface area contributed by atoms with E-state index in [1.54, 1.807) is 29.2 Å². The molecule has 2 heterocycles. The van der Waals surface area contributed by atoms with Crippen molar-refractivity contribution >= 4 is 23.0 Å². The number of fused-ring (bicyclic) bond motifs is 1. The van der Waals surface area contributed by atoms with Crippen molar-refractivity contribution in [2.45, 2.75) is 32.7 Å². The number of hydrogen-bond donors (Lipinski definition) is 1. The minimum absolute atomic E-state index is 0.0137. The Morgan fingerprint density at radius 3 is 2.33 bits per heavy atom. The third kappa shape index (κ3) is 4.40. The molecule has 0 radical (unpaired) electrons. The number of benzene rings is 2. The maximum Gasteiger partial charge on any atom is 0.415 e. The summed E-state index contributed by atoms with van der Waals surface area (Å²) in [5.74, 6) is 0.394. The van der Waals surface area contributed by atoms with Gasteiger partial charge in [-0.05, 0) is 57.0 Å². The van der Waals surface area contributed by atoms with Gasteiger partial charge in [-0.25, -0.2) is 14.8 Å². The number of amides is 2. The van der Waals surface area contributed by atoms with Gasteiger partial charge in [-0.15, -0.1) is 0 Å². The van der Waals surface area contributed by atoms with Gasteiger partial charge in [0.25, 0.3) is 5.91 Å². The molecule has 1 N–H and O–H groups in total. The lowest BCUT2D eigenvalue weighted by atomic mass is 10.0. The molecule has 7 heteroatoms. The molecule has 7 nitrogen and oxygen atoms in total. The molecule has 154 valence electrons. The van der Waals surface area contributed by atoms with Crippen LogP contribution in [0.1, 0.15) is 34.6 Å². The average molecular weight is 404 g/mol. The molecule has 0 aliphatic carbocycles. The number of nitrogens with one attached hydrogen (secondary N) is 1. The number of para-hydroxylation sites is 1. The third-order valence-corrected chi connectivity index (χ3v) is 5.37. The number of aryl methyl sites for hydroxylation is 2. The van der Waals surface area contributed by atoms with Gasteiger partial charge < -0.3 is 15.0 Å². The quantitative estimate of drug-likeness (QED) is 0.720. The zero-order chi connectivity index (χ0) is 21.1. The number of rotatable bonds is 3. The Hall–Kier alpha value is -3.48. The molecule has 30 heavy (non-hydrogen) atoms. The van der Waals surface area contributed by atoms with Crippen LogP contribution in [0.3, 0.4) is 0 Å². The van der Waals surface area contributed by atoms with Crippen LogP contribution in [0.2, 0.25) is 0 Å². The predicted octanol–water partition coefficient (Wildman–Crippen LogP) is 3.64. The maximum atomic E-state index is 12.7. The monoisotopic (exact) mass is 404 g/mol. The molecule has 1 aliphatic heterocycles. The molecule has 1 fully saturated rings. The first-order chi connectivity index (χ1) is 14.5. The lowest BCUT2D eigenvalue weighted by molar-refractivity contribution is 0.0910. The minimum atomic E-state index is -0.357. The largest absolute Gasteiger partial charge is 0.415 e. The Bertz CT molecular complexity index is 1080. The highest BCUT2D eigenvalue weighted by Crippen LogP contribution is 2.17. The zero-order valence-electron chi connectivity index (χ0n) is 17.1. The second kappa shape index (κ2) is 8.49. The third-order valence-electron chi connectivity index (χ3n) is 5.37. The fourth-order valence-corrected chi connectivity index (χ4v) is 3.50. The molecule has 0 unspecified atom stereocenters. The molecule has 0 spiro atoms. The number of hydrogen-bond acceptors (Lipinski definition) is 5. The standard InChI is InChI=1S/C23H24N4O3/c1-15-16(2)25-21-14-17(8-9-20(21)24-15)22(28)26-18-10-12-27(13-11-18)23(29)30-19-6-4-3-5-7-19/h3-9,14,18H,10-13H2,1-2H3,(H,26,28). The lowest BCUT2D eigenvalue weighted by Gasteiger charge is -2.31. The number of ether oxygens (including phenoxy) is 1. The smallest absolute Gasteiger partial charge is 0.410 e. The summed E-state index contributed by atoms with van der Waals surface area (Å²) in [6, 6.07) is 14.4. The normalized spacial score (nSPS) is 14.5. The number of piperidine rings is 1. The molecule has 0 bridgehead atoms. The van der Waals surface area contributed by atoms with Crippen LogP contribution in [0.15, 0.2) is 48.5 Å². The number of nitrogens with zero attached hydrogens (tertiary/aromatic N) is 3. The van der Waals surface area contributed by atoms with Crippen LogP contribution in [0.5, 0.6) is 5.75 Å². The Morgan fingerprint density at radius 2 is 1.63 bits per heavy atom. The molecule has 1 aromatic heterocycles. The van der Waals surface area contributed by atoms with Gasteiger partial charge in [-0.1, -0.05) is 18.2 Å². The molecule has 0 saturated carbocycles. The summed E-state index contributed by atoms with van der Waals surface area (Å²) in [6.07, 6.45) is 1.01. The fraction of sp³-hybridized carbons (Fsp3) is 0.304. The van der Waals surface area contributed by atoms with Gasteiger partial charge in [-0.3, -0.25) is 4.79 Å². The van der Waals surface area contributed by atoms with E-state index in [9.17, 15) is 9.59 Å². The highest BCUT2D eigenvalue weighted by Gasteiger charge is 2.25. The zero-order valence-corrected chi connectivity index (χ0v) is 17.1. The number of aromatic nitrogens is 2. The Labute approximate surface area is 175 Å². The van der Waals surface area contributed by atoms with E-state index in [0.29, 0.717) is 42.8 Å². The Balaban J connectivity index is 1.33. The van der Waals surface area contributed by atoms with Crippen LogP contribution >= 0.6 is 0 Å². The van der Waals surface area contributed by atoms with E-state index in [4.69, 9.17) is 4.74 Å². The molecule has 3 aromatic rings. The van der Waals surface area contributed by atoms with E-state index in [-0.39, 0.29) is 18.0 Å². The summed E-state index contributed by atoms with van der Waals surface area (Å²) in [7, 11) is 0. The molecular weight excluding hydrogens is 380 g/mol. The number of likely N-dealkylation sites (tertiary alicyclic amines) is 1. The molecule has 4 rings (SSSR count). The van der Waals surface area contributed by atoms with Crippen molar-refractivity contribution in [1.29, 1.82) is 0 Å². The number of carbonyl (C=O) groups excluding carboxylic acids is 2. The van der Waals surface area contributed by atoms with Gasteiger partial charge in [0.05, 0.1) is 22.4 Å². The average Bonchev–Trinajstić information content (AvgIpc) is 2.75. The van der Waals surface area contributed by atoms with Gasteiger partial charge in [0, 0.05) is 24.7 Å². The molecule has 1 aliphatic rings. The summed E-state index contributed by atoms with van der Waals surface area (Å²) >= 11 is 0. The SMILES string of the molecule is Cc1nc2ccc(C(=O)NC3CCN(C(=O)Oc4ccccc4)CC3)cc2nc1C. The van der Waals surface area contributed by atoms with Crippen molar-refractivity contribution in [2.24, 2.45) is 0 Å². The highest BCUT2D eigenvalue weighted by atomic mass is 16.6. The van der Waals surface area contributed by atoms with Crippen molar-refractivity contribution in [3.63, 3.8) is 0 Å². The number of carbonyl (C=O) groups is 2. The van der Waals surface area contributed by atoms with Crippen molar-refractivity contribution < 1.29 is 14.3 Å². The van der Waals surface area contributed by atoms with E-state index >= 15 is 0 Å². The van der Waals surface area contributed by atoms with Gasteiger partial charge >= 0.3 is 6.09 Å². The van der Waals surface area contributed by atoms with Crippen LogP contribution < -0.4 is 10.1 Å². The van der Waals surface area contributed by atoms with Crippen LogP contribution in [-0.2, 0) is 0 Å². The van der Waals surface area contributed by atoms with Crippen LogP contribution in [0, 0.1) is 13.8 Å². The Morgan fingerprint density at radius 1 is 0.967 bits per heavy atom.